The van der Waals surface area contributed by atoms with E-state index in [-0.39, 0.29) is 23.1 Å². The molecule has 158 valence electrons. The minimum Gasteiger partial charge on any atom is -0.453 e. The van der Waals surface area contributed by atoms with Crippen LogP contribution in [-0.4, -0.2) is 22.6 Å². The van der Waals surface area contributed by atoms with Crippen molar-refractivity contribution < 1.29 is 14.3 Å². The SMILES string of the molecule is CC(C)[C@@H]1CC[C@@H](OC(=O)C(=[N+]=[N-])c2ccccc2)[C@H](C(C)(C)c2ccccc2)C1. The van der Waals surface area contributed by atoms with Crippen LogP contribution < -0.4 is 0 Å². The fourth-order valence-electron chi connectivity index (χ4n) is 4.77. The maximum Gasteiger partial charge on any atom is 0.422 e. The minimum absolute atomic E-state index is 0.0437. The number of benzene rings is 2. The molecule has 1 aliphatic carbocycles. The number of ether oxygens (including phenoxy) is 1. The highest BCUT2D eigenvalue weighted by Crippen LogP contribution is 2.45. The summed E-state index contributed by atoms with van der Waals surface area (Å²) < 4.78 is 6.02. The second kappa shape index (κ2) is 9.40. The third-order valence-electron chi connectivity index (χ3n) is 6.81. The molecule has 0 aliphatic heterocycles. The number of nitrogens with zero attached hydrogens (tertiary/aromatic N) is 2. The van der Waals surface area contributed by atoms with Gasteiger partial charge in [0.25, 0.3) is 0 Å². The van der Waals surface area contributed by atoms with Crippen LogP contribution in [0.4, 0.5) is 0 Å². The van der Waals surface area contributed by atoms with E-state index in [1.54, 1.807) is 12.1 Å². The van der Waals surface area contributed by atoms with Gasteiger partial charge >= 0.3 is 11.7 Å². The normalized spacial score (nSPS) is 21.7. The van der Waals surface area contributed by atoms with E-state index >= 15 is 0 Å². The van der Waals surface area contributed by atoms with Gasteiger partial charge < -0.3 is 10.3 Å². The van der Waals surface area contributed by atoms with E-state index in [0.717, 1.165) is 19.3 Å². The van der Waals surface area contributed by atoms with Crippen LogP contribution in [0.25, 0.3) is 5.53 Å². The molecule has 0 unspecified atom stereocenters. The van der Waals surface area contributed by atoms with Crippen molar-refractivity contribution >= 4 is 11.7 Å². The number of rotatable bonds is 6. The van der Waals surface area contributed by atoms with E-state index in [0.29, 0.717) is 17.4 Å². The lowest BCUT2D eigenvalue weighted by Crippen LogP contribution is -2.45. The lowest BCUT2D eigenvalue weighted by molar-refractivity contribution is -0.152. The number of carbonyl (C=O) groups is 1. The largest absolute Gasteiger partial charge is 0.453 e. The molecule has 0 radical (unpaired) electrons. The van der Waals surface area contributed by atoms with Gasteiger partial charge in [0.05, 0.1) is 5.56 Å². The Labute approximate surface area is 179 Å². The van der Waals surface area contributed by atoms with Crippen molar-refractivity contribution in [1.29, 1.82) is 0 Å². The highest BCUT2D eigenvalue weighted by Gasteiger charge is 2.44. The molecular formula is C26H32N2O2. The van der Waals surface area contributed by atoms with Gasteiger partial charge in [-0.15, -0.1) is 0 Å². The van der Waals surface area contributed by atoms with Crippen LogP contribution in [0, 0.1) is 17.8 Å². The molecule has 0 N–H and O–H groups in total. The average Bonchev–Trinajstić information content (AvgIpc) is 2.75. The Hall–Kier alpha value is -2.71. The predicted molar refractivity (Wildman–Crippen MR) is 119 cm³/mol. The second-order valence-electron chi connectivity index (χ2n) is 9.27. The first-order valence-corrected chi connectivity index (χ1v) is 10.9. The van der Waals surface area contributed by atoms with Crippen molar-refractivity contribution in [2.75, 3.05) is 0 Å². The molecule has 0 aromatic heterocycles. The van der Waals surface area contributed by atoms with Crippen molar-refractivity contribution in [2.24, 2.45) is 17.8 Å². The van der Waals surface area contributed by atoms with E-state index in [1.807, 2.05) is 24.3 Å². The zero-order chi connectivity index (χ0) is 21.7. The van der Waals surface area contributed by atoms with E-state index in [4.69, 9.17) is 4.74 Å². The fraction of sp³-hybridized carbons (Fsp3) is 0.462. The Morgan fingerprint density at radius 3 is 2.20 bits per heavy atom. The first-order valence-electron chi connectivity index (χ1n) is 10.9. The molecule has 0 spiro atoms. The van der Waals surface area contributed by atoms with Gasteiger partial charge in [0, 0.05) is 5.92 Å². The van der Waals surface area contributed by atoms with Crippen molar-refractivity contribution in [3.05, 3.63) is 77.3 Å². The average molecular weight is 405 g/mol. The smallest absolute Gasteiger partial charge is 0.422 e. The Morgan fingerprint density at radius 1 is 1.03 bits per heavy atom. The summed E-state index contributed by atoms with van der Waals surface area (Å²) >= 11 is 0. The molecule has 3 rings (SSSR count). The first-order chi connectivity index (χ1) is 14.3. The van der Waals surface area contributed by atoms with Gasteiger partial charge in [-0.3, -0.25) is 0 Å². The summed E-state index contributed by atoms with van der Waals surface area (Å²) in [5.41, 5.74) is 11.1. The van der Waals surface area contributed by atoms with E-state index in [1.165, 1.54) is 5.56 Å². The number of carbonyl (C=O) groups excluding carboxylic acids is 1. The van der Waals surface area contributed by atoms with E-state index < -0.39 is 5.97 Å². The van der Waals surface area contributed by atoms with Crippen LogP contribution in [-0.2, 0) is 14.9 Å². The summed E-state index contributed by atoms with van der Waals surface area (Å²) in [6.45, 7) is 9.04. The van der Waals surface area contributed by atoms with Crippen LogP contribution in [0.5, 0.6) is 0 Å². The highest BCUT2D eigenvalue weighted by atomic mass is 16.5. The minimum atomic E-state index is -0.564. The molecular weight excluding hydrogens is 372 g/mol. The lowest BCUT2D eigenvalue weighted by Gasteiger charge is -2.45. The van der Waals surface area contributed by atoms with Crippen LogP contribution >= 0.6 is 0 Å². The third kappa shape index (κ3) is 4.71. The zero-order valence-electron chi connectivity index (χ0n) is 18.4. The second-order valence-corrected chi connectivity index (χ2v) is 9.27. The van der Waals surface area contributed by atoms with Gasteiger partial charge in [-0.25, -0.2) is 4.79 Å². The summed E-state index contributed by atoms with van der Waals surface area (Å²) in [5.74, 6) is 0.814. The van der Waals surface area contributed by atoms with Crippen molar-refractivity contribution in [3.8, 4) is 0 Å². The molecule has 4 nitrogen and oxygen atoms in total. The van der Waals surface area contributed by atoms with E-state index in [9.17, 15) is 10.3 Å². The summed E-state index contributed by atoms with van der Waals surface area (Å²) in [6.07, 6.45) is 2.65. The zero-order valence-corrected chi connectivity index (χ0v) is 18.4. The quantitative estimate of drug-likeness (QED) is 0.270. The Kier molecular flexibility index (Phi) is 6.89. The molecule has 0 bridgehead atoms. The van der Waals surface area contributed by atoms with Crippen molar-refractivity contribution in [3.63, 3.8) is 0 Å². The molecule has 4 heteroatoms. The molecule has 3 atom stereocenters. The maximum absolute atomic E-state index is 13.0. The highest BCUT2D eigenvalue weighted by molar-refractivity contribution is 6.40. The standard InChI is InChI=1S/C26H32N2O2/c1-18(2)20-15-16-23(22(17-20)26(3,4)21-13-9-6-10-14-21)30-25(29)24(28-27)19-11-7-5-8-12-19/h5-14,18,20,22-23H,15-17H2,1-4H3/t20-,22-,23-/m1/s1. The summed E-state index contributed by atoms with van der Waals surface area (Å²) in [7, 11) is 0. The number of esters is 1. The molecule has 0 amide bonds. The van der Waals surface area contributed by atoms with Gasteiger partial charge in [-0.2, -0.15) is 4.79 Å². The van der Waals surface area contributed by atoms with Gasteiger partial charge in [-0.1, -0.05) is 76.2 Å². The Morgan fingerprint density at radius 2 is 1.63 bits per heavy atom. The summed E-state index contributed by atoms with van der Waals surface area (Å²) in [6, 6.07) is 19.4. The molecule has 2 aromatic rings. The molecule has 2 aromatic carbocycles. The van der Waals surface area contributed by atoms with E-state index in [2.05, 4.69) is 56.8 Å². The first kappa shape index (κ1) is 22.0. The number of hydrogen-bond donors (Lipinski definition) is 0. The molecule has 1 fully saturated rings. The molecule has 0 heterocycles. The summed E-state index contributed by atoms with van der Waals surface area (Å²) in [4.78, 5) is 16.2. The Bertz CT molecular complexity index is 899. The molecule has 0 saturated heterocycles. The van der Waals surface area contributed by atoms with Crippen LogP contribution in [0.15, 0.2) is 60.7 Å². The van der Waals surface area contributed by atoms with Crippen LogP contribution in [0.3, 0.4) is 0 Å². The van der Waals surface area contributed by atoms with Gasteiger partial charge in [-0.05, 0) is 54.2 Å². The van der Waals surface area contributed by atoms with Crippen LogP contribution in [0.1, 0.15) is 58.1 Å². The Balaban J connectivity index is 1.87. The molecule has 30 heavy (non-hydrogen) atoms. The van der Waals surface area contributed by atoms with Crippen LogP contribution in [0.2, 0.25) is 0 Å². The maximum atomic E-state index is 13.0. The van der Waals surface area contributed by atoms with Gasteiger partial charge in [0.1, 0.15) is 6.10 Å². The number of hydrogen-bond acceptors (Lipinski definition) is 2. The van der Waals surface area contributed by atoms with Gasteiger partial charge in [0.2, 0.25) is 0 Å². The lowest BCUT2D eigenvalue weighted by atomic mass is 9.62. The molecule has 1 aliphatic rings. The third-order valence-corrected chi connectivity index (χ3v) is 6.81. The topological polar surface area (TPSA) is 62.7 Å². The predicted octanol–water partition coefficient (Wildman–Crippen LogP) is 5.67. The summed E-state index contributed by atoms with van der Waals surface area (Å²) in [5, 5.41) is 0. The molecule has 1 saturated carbocycles. The monoisotopic (exact) mass is 404 g/mol. The fourth-order valence-corrected chi connectivity index (χ4v) is 4.77. The van der Waals surface area contributed by atoms with Crippen molar-refractivity contribution in [2.45, 2.75) is 58.5 Å². The van der Waals surface area contributed by atoms with Crippen molar-refractivity contribution in [1.82, 2.24) is 0 Å². The van der Waals surface area contributed by atoms with Gasteiger partial charge in [0.15, 0.2) is 0 Å².